The van der Waals surface area contributed by atoms with Crippen LogP contribution in [0.25, 0.3) is 0 Å². The lowest BCUT2D eigenvalue weighted by molar-refractivity contribution is 0.138. The molecule has 1 aromatic rings. The van der Waals surface area contributed by atoms with Gasteiger partial charge in [0.05, 0.1) is 11.8 Å². The molecule has 0 saturated carbocycles. The second-order valence-corrected chi connectivity index (χ2v) is 6.66. The largest absolute Gasteiger partial charge is 0.389 e. The van der Waals surface area contributed by atoms with Crippen molar-refractivity contribution in [2.45, 2.75) is 65.5 Å². The minimum Gasteiger partial charge on any atom is -0.389 e. The van der Waals surface area contributed by atoms with Crippen LogP contribution in [0.3, 0.4) is 0 Å². The molecule has 106 valence electrons. The lowest BCUT2D eigenvalue weighted by Gasteiger charge is -2.32. The van der Waals surface area contributed by atoms with Gasteiger partial charge in [0.1, 0.15) is 0 Å². The monoisotopic (exact) mass is 262 g/mol. The van der Waals surface area contributed by atoms with E-state index in [1.165, 1.54) is 5.57 Å². The Kier molecular flexibility index (Phi) is 4.14. The van der Waals surface area contributed by atoms with E-state index in [1.807, 2.05) is 10.8 Å². The van der Waals surface area contributed by atoms with E-state index in [0.29, 0.717) is 6.04 Å². The van der Waals surface area contributed by atoms with Crippen LogP contribution in [0.15, 0.2) is 23.9 Å². The summed E-state index contributed by atoms with van der Waals surface area (Å²) in [5.41, 5.74) is 2.62. The molecular formula is C16H26N2O. The Labute approximate surface area is 116 Å². The van der Waals surface area contributed by atoms with Gasteiger partial charge in [0.25, 0.3) is 0 Å². The van der Waals surface area contributed by atoms with Gasteiger partial charge in [0.15, 0.2) is 0 Å². The number of aliphatic hydroxyl groups is 1. The molecule has 0 saturated heterocycles. The highest BCUT2D eigenvalue weighted by Gasteiger charge is 2.27. The van der Waals surface area contributed by atoms with Crippen LogP contribution in [0.1, 0.15) is 58.7 Å². The van der Waals surface area contributed by atoms with Gasteiger partial charge in [-0.2, -0.15) is 5.10 Å². The first kappa shape index (κ1) is 14.3. The van der Waals surface area contributed by atoms with Gasteiger partial charge in [0.2, 0.25) is 0 Å². The Morgan fingerprint density at radius 1 is 1.53 bits per heavy atom. The van der Waals surface area contributed by atoms with Crippen molar-refractivity contribution in [3.63, 3.8) is 0 Å². The molecule has 0 spiro atoms. The summed E-state index contributed by atoms with van der Waals surface area (Å²) in [6, 6.07) is 2.55. The van der Waals surface area contributed by atoms with E-state index in [0.717, 1.165) is 31.4 Å². The first-order valence-corrected chi connectivity index (χ1v) is 7.31. The molecular weight excluding hydrogens is 236 g/mol. The van der Waals surface area contributed by atoms with Gasteiger partial charge in [-0.05, 0) is 37.7 Å². The molecule has 0 aliphatic heterocycles. The van der Waals surface area contributed by atoms with Crippen LogP contribution in [0.2, 0.25) is 0 Å². The molecule has 3 heteroatoms. The molecule has 0 bridgehead atoms. The molecule has 0 radical (unpaired) electrons. The maximum absolute atomic E-state index is 9.92. The Bertz CT molecular complexity index is 459. The molecule has 1 N–H and O–H groups in total. The van der Waals surface area contributed by atoms with Gasteiger partial charge in [-0.25, -0.2) is 0 Å². The van der Waals surface area contributed by atoms with Crippen LogP contribution in [-0.2, 0) is 6.42 Å². The number of rotatable bonds is 4. The second kappa shape index (κ2) is 5.49. The molecule has 2 rings (SSSR count). The van der Waals surface area contributed by atoms with Gasteiger partial charge >= 0.3 is 0 Å². The fourth-order valence-corrected chi connectivity index (χ4v) is 2.90. The third-order valence-electron chi connectivity index (χ3n) is 4.01. The van der Waals surface area contributed by atoms with E-state index in [2.05, 4.69) is 45.1 Å². The van der Waals surface area contributed by atoms with E-state index < -0.39 is 0 Å². The summed E-state index contributed by atoms with van der Waals surface area (Å²) in [7, 11) is 0. The average molecular weight is 262 g/mol. The topological polar surface area (TPSA) is 38.0 Å². The Morgan fingerprint density at radius 3 is 2.89 bits per heavy atom. The third-order valence-corrected chi connectivity index (χ3v) is 4.01. The highest BCUT2D eigenvalue weighted by atomic mass is 16.3. The van der Waals surface area contributed by atoms with Crippen molar-refractivity contribution in [2.24, 2.45) is 5.41 Å². The predicted molar refractivity (Wildman–Crippen MR) is 78.0 cm³/mol. The van der Waals surface area contributed by atoms with Crippen molar-refractivity contribution in [1.29, 1.82) is 0 Å². The Hall–Kier alpha value is -1.09. The summed E-state index contributed by atoms with van der Waals surface area (Å²) in [6.45, 7) is 8.81. The summed E-state index contributed by atoms with van der Waals surface area (Å²) < 4.78 is 2.04. The van der Waals surface area contributed by atoms with Crippen molar-refractivity contribution in [3.8, 4) is 0 Å². The quantitative estimate of drug-likeness (QED) is 0.843. The van der Waals surface area contributed by atoms with E-state index in [-0.39, 0.29) is 11.5 Å². The summed E-state index contributed by atoms with van der Waals surface area (Å²) in [5.74, 6) is 0. The van der Waals surface area contributed by atoms with Crippen molar-refractivity contribution >= 4 is 0 Å². The molecule has 1 aromatic heterocycles. The lowest BCUT2D eigenvalue weighted by atomic mass is 9.75. The Balaban J connectivity index is 2.07. The molecule has 1 aliphatic carbocycles. The van der Waals surface area contributed by atoms with Crippen molar-refractivity contribution in [3.05, 3.63) is 29.6 Å². The van der Waals surface area contributed by atoms with Crippen LogP contribution in [0.5, 0.6) is 0 Å². The summed E-state index contributed by atoms with van der Waals surface area (Å²) in [5, 5.41) is 14.6. The van der Waals surface area contributed by atoms with Gasteiger partial charge in [-0.1, -0.05) is 32.4 Å². The number of allylic oxidation sites excluding steroid dienone is 1. The van der Waals surface area contributed by atoms with E-state index in [9.17, 15) is 5.11 Å². The fourth-order valence-electron chi connectivity index (χ4n) is 2.90. The fraction of sp³-hybridized carbons (Fsp3) is 0.688. The molecule has 0 fully saturated rings. The summed E-state index contributed by atoms with van der Waals surface area (Å²) >= 11 is 0. The van der Waals surface area contributed by atoms with Crippen LogP contribution in [-0.4, -0.2) is 21.0 Å². The molecule has 0 aromatic carbocycles. The third kappa shape index (κ3) is 3.69. The molecule has 19 heavy (non-hydrogen) atoms. The first-order chi connectivity index (χ1) is 8.89. The highest BCUT2D eigenvalue weighted by Crippen LogP contribution is 2.36. The molecule has 1 heterocycles. The molecule has 3 nitrogen and oxygen atoms in total. The van der Waals surface area contributed by atoms with E-state index in [4.69, 9.17) is 0 Å². The van der Waals surface area contributed by atoms with E-state index >= 15 is 0 Å². The number of nitrogens with zero attached hydrogens (tertiary/aromatic N) is 2. The minimum absolute atomic E-state index is 0.197. The molecule has 0 amide bonds. The normalized spacial score (nSPS) is 24.1. The first-order valence-electron chi connectivity index (χ1n) is 7.31. The SMILES string of the molecule is CCC(C)n1ccc(CC2=CC(O)CC(C)(C)C2)n1. The molecule has 2 atom stereocenters. The zero-order chi connectivity index (χ0) is 14.0. The average Bonchev–Trinajstić information content (AvgIpc) is 2.73. The number of hydrogen-bond donors (Lipinski definition) is 1. The standard InChI is InChI=1S/C16H26N2O/c1-5-12(2)18-7-6-14(17-18)8-13-9-15(19)11-16(3,4)10-13/h6-7,9,12,15,19H,5,8,10-11H2,1-4H3. The lowest BCUT2D eigenvalue weighted by Crippen LogP contribution is -2.25. The second-order valence-electron chi connectivity index (χ2n) is 6.66. The van der Waals surface area contributed by atoms with Crippen molar-refractivity contribution in [2.75, 3.05) is 0 Å². The summed E-state index contributed by atoms with van der Waals surface area (Å²) in [6.07, 6.45) is 7.66. The number of aliphatic hydroxyl groups excluding tert-OH is 1. The maximum atomic E-state index is 9.92. The van der Waals surface area contributed by atoms with Crippen molar-refractivity contribution < 1.29 is 5.11 Å². The zero-order valence-corrected chi connectivity index (χ0v) is 12.6. The van der Waals surface area contributed by atoms with Crippen LogP contribution >= 0.6 is 0 Å². The Morgan fingerprint density at radius 2 is 2.26 bits per heavy atom. The minimum atomic E-state index is -0.296. The number of aromatic nitrogens is 2. The predicted octanol–water partition coefficient (Wildman–Crippen LogP) is 3.50. The van der Waals surface area contributed by atoms with Crippen LogP contribution < -0.4 is 0 Å². The van der Waals surface area contributed by atoms with Crippen LogP contribution in [0, 0.1) is 5.41 Å². The van der Waals surface area contributed by atoms with E-state index in [1.54, 1.807) is 0 Å². The maximum Gasteiger partial charge on any atom is 0.0728 e. The van der Waals surface area contributed by atoms with Crippen molar-refractivity contribution in [1.82, 2.24) is 9.78 Å². The molecule has 1 aliphatic rings. The zero-order valence-electron chi connectivity index (χ0n) is 12.6. The van der Waals surface area contributed by atoms with Gasteiger partial charge in [0, 0.05) is 18.7 Å². The van der Waals surface area contributed by atoms with Crippen LogP contribution in [0.4, 0.5) is 0 Å². The molecule has 2 unspecified atom stereocenters. The van der Waals surface area contributed by atoms with Gasteiger partial charge in [-0.3, -0.25) is 4.68 Å². The van der Waals surface area contributed by atoms with Gasteiger partial charge in [-0.15, -0.1) is 0 Å². The highest BCUT2D eigenvalue weighted by molar-refractivity contribution is 5.19. The smallest absolute Gasteiger partial charge is 0.0728 e. The number of hydrogen-bond acceptors (Lipinski definition) is 2. The summed E-state index contributed by atoms with van der Waals surface area (Å²) in [4.78, 5) is 0. The van der Waals surface area contributed by atoms with Gasteiger partial charge < -0.3 is 5.11 Å².